The number of amides is 2. The first-order valence-electron chi connectivity index (χ1n) is 9.33. The number of benzene rings is 2. The molecule has 10 heteroatoms. The third-order valence-electron chi connectivity index (χ3n) is 4.09. The Morgan fingerprint density at radius 1 is 1.13 bits per heavy atom. The summed E-state index contributed by atoms with van der Waals surface area (Å²) in [5, 5.41) is 10.7. The number of hydrogen-bond acceptors (Lipinski definition) is 7. The van der Waals surface area contributed by atoms with E-state index < -0.39 is 0 Å². The van der Waals surface area contributed by atoms with Crippen LogP contribution in [-0.2, 0) is 16.2 Å². The lowest BCUT2D eigenvalue weighted by Crippen LogP contribution is -2.35. The number of hydrogen-bond donors (Lipinski definition) is 1. The van der Waals surface area contributed by atoms with Gasteiger partial charge in [0.25, 0.3) is 11.1 Å². The molecule has 0 spiro atoms. The third kappa shape index (κ3) is 7.10. The Kier molecular flexibility index (Phi) is 7.60. The van der Waals surface area contributed by atoms with Gasteiger partial charge in [-0.25, -0.2) is 4.39 Å². The molecule has 0 aliphatic rings. The van der Waals surface area contributed by atoms with Gasteiger partial charge < -0.3 is 19.4 Å². The molecule has 1 aromatic heterocycles. The smallest absolute Gasteiger partial charge is 0.277 e. The minimum atomic E-state index is -0.355. The number of thioether (sulfide) groups is 1. The van der Waals surface area contributed by atoms with Crippen LogP contribution >= 0.6 is 11.8 Å². The number of ether oxygens (including phenoxy) is 1. The highest BCUT2D eigenvalue weighted by Gasteiger charge is 2.16. The SMILES string of the molecule is Cc1ccc(NC(=O)CN(C)C(=O)CSc2nnc(COc3ccc(F)cc3)o2)cc1. The fourth-order valence-electron chi connectivity index (χ4n) is 2.41. The molecule has 2 amide bonds. The second-order valence-electron chi connectivity index (χ2n) is 6.66. The molecule has 1 heterocycles. The van der Waals surface area contributed by atoms with Gasteiger partial charge in [-0.3, -0.25) is 9.59 Å². The fraction of sp³-hybridized carbons (Fsp3) is 0.238. The molecule has 3 rings (SSSR count). The van der Waals surface area contributed by atoms with Crippen LogP contribution in [0.3, 0.4) is 0 Å². The van der Waals surface area contributed by atoms with E-state index in [1.807, 2.05) is 19.1 Å². The van der Waals surface area contributed by atoms with Gasteiger partial charge >= 0.3 is 0 Å². The third-order valence-corrected chi connectivity index (χ3v) is 4.89. The predicted molar refractivity (Wildman–Crippen MR) is 113 cm³/mol. The summed E-state index contributed by atoms with van der Waals surface area (Å²) in [7, 11) is 1.55. The van der Waals surface area contributed by atoms with E-state index in [4.69, 9.17) is 9.15 Å². The van der Waals surface area contributed by atoms with Gasteiger partial charge in [-0.05, 0) is 43.3 Å². The van der Waals surface area contributed by atoms with Gasteiger partial charge in [-0.1, -0.05) is 29.5 Å². The Morgan fingerprint density at radius 3 is 2.55 bits per heavy atom. The molecule has 31 heavy (non-hydrogen) atoms. The van der Waals surface area contributed by atoms with Crippen LogP contribution in [0.5, 0.6) is 5.75 Å². The van der Waals surface area contributed by atoms with Gasteiger partial charge in [0.1, 0.15) is 11.6 Å². The first-order chi connectivity index (χ1) is 14.9. The summed E-state index contributed by atoms with van der Waals surface area (Å²) >= 11 is 1.07. The Hall–Kier alpha value is -3.40. The van der Waals surface area contributed by atoms with E-state index in [0.29, 0.717) is 11.4 Å². The van der Waals surface area contributed by atoms with Crippen LogP contribution in [0.25, 0.3) is 0 Å². The predicted octanol–water partition coefficient (Wildman–Crippen LogP) is 3.29. The molecular formula is C21H21FN4O4S. The highest BCUT2D eigenvalue weighted by atomic mass is 32.2. The Balaban J connectivity index is 1.40. The number of anilines is 1. The van der Waals surface area contributed by atoms with Crippen molar-refractivity contribution in [2.24, 2.45) is 0 Å². The van der Waals surface area contributed by atoms with Crippen LogP contribution in [0.15, 0.2) is 58.2 Å². The fourth-order valence-corrected chi connectivity index (χ4v) is 3.13. The summed E-state index contributed by atoms with van der Waals surface area (Å²) in [6, 6.07) is 12.9. The van der Waals surface area contributed by atoms with Crippen LogP contribution < -0.4 is 10.1 Å². The topological polar surface area (TPSA) is 97.6 Å². The Bertz CT molecular complexity index is 1020. The zero-order chi connectivity index (χ0) is 22.2. The van der Waals surface area contributed by atoms with Gasteiger partial charge in [0.2, 0.25) is 11.8 Å². The van der Waals surface area contributed by atoms with Crippen LogP contribution in [0.4, 0.5) is 10.1 Å². The molecule has 0 saturated carbocycles. The maximum Gasteiger partial charge on any atom is 0.277 e. The van der Waals surface area contributed by atoms with Crippen molar-refractivity contribution >= 4 is 29.3 Å². The Morgan fingerprint density at radius 2 is 1.84 bits per heavy atom. The van der Waals surface area contributed by atoms with Gasteiger partial charge in [-0.15, -0.1) is 10.2 Å². The van der Waals surface area contributed by atoms with Crippen molar-refractivity contribution in [2.45, 2.75) is 18.8 Å². The molecule has 0 fully saturated rings. The average molecular weight is 444 g/mol. The number of aryl methyl sites for hydroxylation is 1. The van der Waals surface area contributed by atoms with Crippen LogP contribution in [0.1, 0.15) is 11.5 Å². The van der Waals surface area contributed by atoms with E-state index >= 15 is 0 Å². The van der Waals surface area contributed by atoms with Gasteiger partial charge in [0.15, 0.2) is 6.61 Å². The molecule has 1 N–H and O–H groups in total. The molecule has 0 bridgehead atoms. The van der Waals surface area contributed by atoms with E-state index in [9.17, 15) is 14.0 Å². The number of likely N-dealkylation sites (N-methyl/N-ethyl adjacent to an activating group) is 1. The normalized spacial score (nSPS) is 10.5. The molecular weight excluding hydrogens is 423 g/mol. The zero-order valence-corrected chi connectivity index (χ0v) is 17.8. The van der Waals surface area contributed by atoms with Gasteiger partial charge in [0.05, 0.1) is 12.3 Å². The number of carbonyl (C=O) groups excluding carboxylic acids is 2. The summed E-state index contributed by atoms with van der Waals surface area (Å²) in [4.78, 5) is 25.7. The number of nitrogens with one attached hydrogen (secondary N) is 1. The first-order valence-corrected chi connectivity index (χ1v) is 10.3. The number of nitrogens with zero attached hydrogens (tertiary/aromatic N) is 3. The highest BCUT2D eigenvalue weighted by molar-refractivity contribution is 7.99. The lowest BCUT2D eigenvalue weighted by molar-refractivity contribution is -0.131. The van der Waals surface area contributed by atoms with E-state index in [2.05, 4.69) is 15.5 Å². The van der Waals surface area contributed by atoms with Crippen molar-refractivity contribution in [3.05, 3.63) is 65.8 Å². The summed E-state index contributed by atoms with van der Waals surface area (Å²) in [6.45, 7) is 1.90. The summed E-state index contributed by atoms with van der Waals surface area (Å²) in [5.41, 5.74) is 1.76. The molecule has 0 radical (unpaired) electrons. The standard InChI is InChI=1S/C21H21FN4O4S/c1-14-3-7-16(8-4-14)23-18(27)11-26(2)20(28)13-31-21-25-24-19(30-21)12-29-17-9-5-15(22)6-10-17/h3-10H,11-13H2,1-2H3,(H,23,27). The minimum Gasteiger partial charge on any atom is -0.484 e. The number of aromatic nitrogens is 2. The number of halogens is 1. The summed E-state index contributed by atoms with van der Waals surface area (Å²) in [5.74, 6) is -0.172. The second kappa shape index (κ2) is 10.6. The number of carbonyl (C=O) groups is 2. The molecule has 0 aliphatic heterocycles. The molecule has 3 aromatic rings. The lowest BCUT2D eigenvalue weighted by Gasteiger charge is -2.16. The van der Waals surface area contributed by atoms with Crippen molar-refractivity contribution in [3.8, 4) is 5.75 Å². The minimum absolute atomic E-state index is 0.0201. The van der Waals surface area contributed by atoms with Crippen molar-refractivity contribution in [1.82, 2.24) is 15.1 Å². The highest BCUT2D eigenvalue weighted by Crippen LogP contribution is 2.18. The van der Waals surface area contributed by atoms with E-state index in [1.165, 1.54) is 29.2 Å². The first kappa shape index (κ1) is 22.3. The van der Waals surface area contributed by atoms with E-state index in [0.717, 1.165) is 17.3 Å². The molecule has 0 atom stereocenters. The lowest BCUT2D eigenvalue weighted by atomic mass is 10.2. The van der Waals surface area contributed by atoms with Crippen LogP contribution in [0, 0.1) is 12.7 Å². The molecule has 0 saturated heterocycles. The molecule has 0 unspecified atom stereocenters. The van der Waals surface area contributed by atoms with Crippen LogP contribution in [-0.4, -0.2) is 46.3 Å². The van der Waals surface area contributed by atoms with Crippen molar-refractivity contribution in [2.75, 3.05) is 24.7 Å². The summed E-state index contributed by atoms with van der Waals surface area (Å²) in [6.07, 6.45) is 0. The van der Waals surface area contributed by atoms with Crippen LogP contribution in [0.2, 0.25) is 0 Å². The molecule has 162 valence electrons. The van der Waals surface area contributed by atoms with E-state index in [1.54, 1.807) is 19.2 Å². The molecule has 8 nitrogen and oxygen atoms in total. The molecule has 2 aromatic carbocycles. The van der Waals surface area contributed by atoms with Gasteiger partial charge in [0, 0.05) is 12.7 Å². The van der Waals surface area contributed by atoms with Crippen molar-refractivity contribution < 1.29 is 23.1 Å². The van der Waals surface area contributed by atoms with Crippen molar-refractivity contribution in [1.29, 1.82) is 0 Å². The van der Waals surface area contributed by atoms with Gasteiger partial charge in [-0.2, -0.15) is 0 Å². The maximum atomic E-state index is 12.9. The number of rotatable bonds is 9. The molecule has 0 aliphatic carbocycles. The zero-order valence-electron chi connectivity index (χ0n) is 17.0. The quantitative estimate of drug-likeness (QED) is 0.506. The average Bonchev–Trinajstić information content (AvgIpc) is 3.21. The maximum absolute atomic E-state index is 12.9. The van der Waals surface area contributed by atoms with Crippen molar-refractivity contribution in [3.63, 3.8) is 0 Å². The van der Waals surface area contributed by atoms with E-state index in [-0.39, 0.29) is 47.6 Å². The summed E-state index contributed by atoms with van der Waals surface area (Å²) < 4.78 is 23.7. The Labute approximate surface area is 182 Å². The largest absolute Gasteiger partial charge is 0.484 e. The monoisotopic (exact) mass is 444 g/mol. The second-order valence-corrected chi connectivity index (χ2v) is 7.58.